The molecule has 0 aromatic carbocycles. The molecule has 0 radical (unpaired) electrons. The quantitative estimate of drug-likeness (QED) is 0.272. The van der Waals surface area contributed by atoms with E-state index in [1.807, 2.05) is 5.43 Å². The lowest BCUT2D eigenvalue weighted by Gasteiger charge is -1.90. The minimum absolute atomic E-state index is 0. The molecule has 1 aromatic heterocycles. The first kappa shape index (κ1) is 11.4. The van der Waals surface area contributed by atoms with Gasteiger partial charge in [-0.3, -0.25) is 10.2 Å². The first-order valence-electron chi connectivity index (χ1n) is 2.99. The fourth-order valence-corrected chi connectivity index (χ4v) is 0.700. The largest absolute Gasteiger partial charge is 0.358 e. The average molecular weight is 207 g/mol. The molecular weight excluding hydrogens is 200 g/mol. The Kier molecular flexibility index (Phi) is 3.89. The highest BCUT2D eigenvalue weighted by atomic mass is 35.5. The summed E-state index contributed by atoms with van der Waals surface area (Å²) in [6, 6.07) is 2.46. The fraction of sp³-hybridized carbons (Fsp3) is 0. The van der Waals surface area contributed by atoms with Crippen molar-refractivity contribution in [1.29, 1.82) is 0 Å². The van der Waals surface area contributed by atoms with Gasteiger partial charge < -0.3 is 10.1 Å². The standard InChI is InChI=1S/C5H6N4O3.ClH/c6-8-5(10)3-1-2-4(7-3)9(11)12;/h1-2,7H,6H2,(H,8,10);1H. The zero-order valence-electron chi connectivity index (χ0n) is 6.31. The summed E-state index contributed by atoms with van der Waals surface area (Å²) in [6.45, 7) is 0. The van der Waals surface area contributed by atoms with Crippen LogP contribution in [-0.4, -0.2) is 15.8 Å². The Morgan fingerprint density at radius 2 is 2.23 bits per heavy atom. The van der Waals surface area contributed by atoms with Gasteiger partial charge in [0.25, 0.3) is 0 Å². The molecule has 1 heterocycles. The zero-order valence-corrected chi connectivity index (χ0v) is 7.13. The number of nitrogens with two attached hydrogens (primary N) is 1. The second-order valence-electron chi connectivity index (χ2n) is 1.99. The summed E-state index contributed by atoms with van der Waals surface area (Å²) in [4.78, 5) is 22.5. The van der Waals surface area contributed by atoms with Crippen LogP contribution in [-0.2, 0) is 0 Å². The number of aromatic amines is 1. The number of carbonyl (C=O) groups excluding carboxylic acids is 1. The van der Waals surface area contributed by atoms with Crippen LogP contribution in [0.1, 0.15) is 10.5 Å². The fourth-order valence-electron chi connectivity index (χ4n) is 0.700. The number of rotatable bonds is 2. The monoisotopic (exact) mass is 206 g/mol. The second kappa shape index (κ2) is 4.43. The van der Waals surface area contributed by atoms with Crippen LogP contribution in [0.5, 0.6) is 0 Å². The molecule has 0 fully saturated rings. The van der Waals surface area contributed by atoms with E-state index in [1.54, 1.807) is 0 Å². The molecule has 0 atom stereocenters. The van der Waals surface area contributed by atoms with Gasteiger partial charge in [-0.25, -0.2) is 10.8 Å². The van der Waals surface area contributed by atoms with Crippen molar-refractivity contribution < 1.29 is 9.72 Å². The maximum Gasteiger partial charge on any atom is 0.321 e. The summed E-state index contributed by atoms with van der Waals surface area (Å²) in [5, 5.41) is 10.1. The predicted molar refractivity (Wildman–Crippen MR) is 46.3 cm³/mol. The first-order valence-corrected chi connectivity index (χ1v) is 2.99. The summed E-state index contributed by atoms with van der Waals surface area (Å²) in [5.74, 6) is 3.96. The molecule has 13 heavy (non-hydrogen) atoms. The molecule has 0 unspecified atom stereocenters. The molecular formula is C5H7ClN4O3. The van der Waals surface area contributed by atoms with Gasteiger partial charge >= 0.3 is 11.7 Å². The number of hydrogen-bond acceptors (Lipinski definition) is 4. The molecule has 0 aliphatic carbocycles. The van der Waals surface area contributed by atoms with Gasteiger partial charge in [0.15, 0.2) is 5.69 Å². The SMILES string of the molecule is Cl.NNC(=O)c1ccc([N+](=O)[O-])[nH]1. The van der Waals surface area contributed by atoms with Crippen LogP contribution in [0.4, 0.5) is 5.82 Å². The van der Waals surface area contributed by atoms with Crippen molar-refractivity contribution in [2.45, 2.75) is 0 Å². The van der Waals surface area contributed by atoms with Crippen LogP contribution in [0.2, 0.25) is 0 Å². The summed E-state index contributed by atoms with van der Waals surface area (Å²) in [6.07, 6.45) is 0. The van der Waals surface area contributed by atoms with E-state index in [0.717, 1.165) is 0 Å². The number of hydrazine groups is 1. The minimum atomic E-state index is -0.632. The number of halogens is 1. The molecule has 7 nitrogen and oxygen atoms in total. The molecule has 4 N–H and O–H groups in total. The molecule has 1 amide bonds. The van der Waals surface area contributed by atoms with Crippen molar-refractivity contribution in [3.8, 4) is 0 Å². The van der Waals surface area contributed by atoms with E-state index in [4.69, 9.17) is 5.84 Å². The first-order chi connectivity index (χ1) is 5.65. The average Bonchev–Trinajstić information content (AvgIpc) is 2.51. The van der Waals surface area contributed by atoms with E-state index in [0.29, 0.717) is 0 Å². The smallest absolute Gasteiger partial charge is 0.321 e. The van der Waals surface area contributed by atoms with Crippen LogP contribution in [0.3, 0.4) is 0 Å². The summed E-state index contributed by atoms with van der Waals surface area (Å²) < 4.78 is 0. The van der Waals surface area contributed by atoms with Gasteiger partial charge in [0.05, 0.1) is 0 Å². The molecule has 0 saturated heterocycles. The molecule has 72 valence electrons. The summed E-state index contributed by atoms with van der Waals surface area (Å²) in [5.41, 5.74) is 1.90. The van der Waals surface area contributed by atoms with Crippen molar-refractivity contribution in [3.05, 3.63) is 27.9 Å². The lowest BCUT2D eigenvalue weighted by molar-refractivity contribution is -0.389. The number of nitrogen functional groups attached to an aromatic ring is 1. The van der Waals surface area contributed by atoms with Gasteiger partial charge in [0.1, 0.15) is 0 Å². The number of amides is 1. The van der Waals surface area contributed by atoms with Crippen LogP contribution >= 0.6 is 12.4 Å². The summed E-state index contributed by atoms with van der Waals surface area (Å²) in [7, 11) is 0. The van der Waals surface area contributed by atoms with Gasteiger partial charge in [-0.1, -0.05) is 0 Å². The Labute approximate surface area is 78.8 Å². The molecule has 8 heteroatoms. The van der Waals surface area contributed by atoms with Gasteiger partial charge in [-0.05, 0) is 11.0 Å². The Bertz CT molecular complexity index is 323. The third-order valence-corrected chi connectivity index (χ3v) is 1.24. The third kappa shape index (κ3) is 2.42. The lowest BCUT2D eigenvalue weighted by atomic mass is 10.4. The minimum Gasteiger partial charge on any atom is -0.358 e. The molecule has 0 aliphatic heterocycles. The highest BCUT2D eigenvalue weighted by Crippen LogP contribution is 2.08. The molecule has 0 saturated carbocycles. The van der Waals surface area contributed by atoms with E-state index in [-0.39, 0.29) is 23.9 Å². The molecule has 0 bridgehead atoms. The molecule has 0 spiro atoms. The number of nitro groups is 1. The summed E-state index contributed by atoms with van der Waals surface area (Å²) >= 11 is 0. The Morgan fingerprint density at radius 3 is 2.62 bits per heavy atom. The van der Waals surface area contributed by atoms with Crippen molar-refractivity contribution in [1.82, 2.24) is 10.4 Å². The topological polar surface area (TPSA) is 114 Å². The Morgan fingerprint density at radius 1 is 1.62 bits per heavy atom. The Hall–Kier alpha value is -1.60. The van der Waals surface area contributed by atoms with Crippen LogP contribution in [0.15, 0.2) is 12.1 Å². The number of hydrogen-bond donors (Lipinski definition) is 3. The lowest BCUT2D eigenvalue weighted by Crippen LogP contribution is -2.30. The maximum absolute atomic E-state index is 10.8. The highest BCUT2D eigenvalue weighted by Gasteiger charge is 2.13. The van der Waals surface area contributed by atoms with E-state index < -0.39 is 10.8 Å². The van der Waals surface area contributed by atoms with Crippen molar-refractivity contribution in [2.75, 3.05) is 0 Å². The van der Waals surface area contributed by atoms with Crippen LogP contribution in [0.25, 0.3) is 0 Å². The number of nitrogens with one attached hydrogen (secondary N) is 2. The van der Waals surface area contributed by atoms with Gasteiger partial charge in [0, 0.05) is 6.07 Å². The van der Waals surface area contributed by atoms with Crippen molar-refractivity contribution in [3.63, 3.8) is 0 Å². The maximum atomic E-state index is 10.8. The Balaban J connectivity index is 0.00000144. The van der Waals surface area contributed by atoms with Gasteiger partial charge in [0.2, 0.25) is 0 Å². The van der Waals surface area contributed by atoms with E-state index >= 15 is 0 Å². The molecule has 1 rings (SSSR count). The van der Waals surface area contributed by atoms with Crippen LogP contribution in [0, 0.1) is 10.1 Å². The predicted octanol–water partition coefficient (Wildman–Crippen LogP) is -0.0518. The number of H-pyrrole nitrogens is 1. The van der Waals surface area contributed by atoms with Crippen molar-refractivity contribution in [2.24, 2.45) is 5.84 Å². The van der Waals surface area contributed by atoms with Gasteiger partial charge in [-0.2, -0.15) is 0 Å². The number of aromatic nitrogens is 1. The van der Waals surface area contributed by atoms with Crippen molar-refractivity contribution >= 4 is 24.1 Å². The number of carbonyl (C=O) groups is 1. The molecule has 1 aromatic rings. The van der Waals surface area contributed by atoms with E-state index in [9.17, 15) is 14.9 Å². The molecule has 0 aliphatic rings. The second-order valence-corrected chi connectivity index (χ2v) is 1.99. The normalized spacial score (nSPS) is 8.69. The van der Waals surface area contributed by atoms with E-state index in [2.05, 4.69) is 4.98 Å². The van der Waals surface area contributed by atoms with E-state index in [1.165, 1.54) is 12.1 Å². The van der Waals surface area contributed by atoms with Crippen LogP contribution < -0.4 is 11.3 Å². The number of nitrogens with zero attached hydrogens (tertiary/aromatic N) is 1. The third-order valence-electron chi connectivity index (χ3n) is 1.24. The van der Waals surface area contributed by atoms with Gasteiger partial charge in [-0.15, -0.1) is 12.4 Å². The zero-order chi connectivity index (χ0) is 9.14. The highest BCUT2D eigenvalue weighted by molar-refractivity contribution is 5.92.